The molecule has 0 saturated carbocycles. The summed E-state index contributed by atoms with van der Waals surface area (Å²) in [7, 11) is 3.26. The maximum atomic E-state index is 13.2. The number of hydrogen-bond acceptors (Lipinski definition) is 4. The lowest BCUT2D eigenvalue weighted by molar-refractivity contribution is 0.0696. The molecule has 1 aromatic carbocycles. The van der Waals surface area contributed by atoms with E-state index in [0.717, 1.165) is 17.8 Å². The summed E-state index contributed by atoms with van der Waals surface area (Å²) < 4.78 is 18.4. The van der Waals surface area contributed by atoms with Crippen molar-refractivity contribution in [3.05, 3.63) is 53.5 Å². The fourth-order valence-electron chi connectivity index (χ4n) is 2.06. The van der Waals surface area contributed by atoms with Gasteiger partial charge in [0.2, 0.25) is 0 Å². The Labute approximate surface area is 121 Å². The number of ether oxygens (including phenoxy) is 1. The van der Waals surface area contributed by atoms with Crippen LogP contribution in [0.25, 0.3) is 0 Å². The summed E-state index contributed by atoms with van der Waals surface area (Å²) in [5.41, 5.74) is 0.706. The molecule has 6 heteroatoms. The van der Waals surface area contributed by atoms with Gasteiger partial charge in [0.05, 0.1) is 13.3 Å². The molecular weight excluding hydrogens is 275 g/mol. The molecule has 0 amide bonds. The summed E-state index contributed by atoms with van der Waals surface area (Å²) >= 11 is 0. The summed E-state index contributed by atoms with van der Waals surface area (Å²) in [6, 6.07) is 8.37. The second kappa shape index (κ2) is 6.21. The molecular formula is C15H15FN2O3. The van der Waals surface area contributed by atoms with E-state index in [1.54, 1.807) is 19.1 Å². The highest BCUT2D eigenvalue weighted by molar-refractivity contribution is 5.93. The predicted octanol–water partition coefficient (Wildman–Crippen LogP) is 2.56. The zero-order chi connectivity index (χ0) is 15.4. The van der Waals surface area contributed by atoms with Crippen LogP contribution in [-0.2, 0) is 6.54 Å². The lowest BCUT2D eigenvalue weighted by Crippen LogP contribution is -2.21. The van der Waals surface area contributed by atoms with E-state index in [1.807, 2.05) is 24.3 Å². The van der Waals surface area contributed by atoms with Crippen molar-refractivity contribution in [3.63, 3.8) is 0 Å². The van der Waals surface area contributed by atoms with E-state index in [1.165, 1.54) is 0 Å². The topological polar surface area (TPSA) is 62.7 Å². The molecule has 1 N–H and O–H groups in total. The van der Waals surface area contributed by atoms with E-state index in [0.29, 0.717) is 12.3 Å². The number of nitrogens with zero attached hydrogens (tertiary/aromatic N) is 2. The number of benzene rings is 1. The highest BCUT2D eigenvalue weighted by atomic mass is 19.1. The SMILES string of the molecule is COc1ccccc1CN(C)c1ncc(F)cc1C(=O)O. The van der Waals surface area contributed by atoms with Crippen LogP contribution in [0.4, 0.5) is 10.2 Å². The number of para-hydroxylation sites is 1. The second-order valence-electron chi connectivity index (χ2n) is 4.50. The van der Waals surface area contributed by atoms with Gasteiger partial charge in [0.15, 0.2) is 0 Å². The number of rotatable bonds is 5. The Morgan fingerprint density at radius 1 is 1.43 bits per heavy atom. The molecule has 0 fully saturated rings. The Kier molecular flexibility index (Phi) is 4.37. The molecule has 21 heavy (non-hydrogen) atoms. The third-order valence-electron chi connectivity index (χ3n) is 3.03. The average molecular weight is 290 g/mol. The third kappa shape index (κ3) is 3.28. The molecule has 1 aromatic heterocycles. The van der Waals surface area contributed by atoms with Gasteiger partial charge in [-0.15, -0.1) is 0 Å². The van der Waals surface area contributed by atoms with E-state index in [2.05, 4.69) is 4.98 Å². The summed E-state index contributed by atoms with van der Waals surface area (Å²) in [5, 5.41) is 9.15. The van der Waals surface area contributed by atoms with Crippen molar-refractivity contribution in [2.45, 2.75) is 6.54 Å². The van der Waals surface area contributed by atoms with E-state index in [9.17, 15) is 9.18 Å². The molecule has 1 heterocycles. The minimum absolute atomic E-state index is 0.174. The molecule has 0 spiro atoms. The number of carboxylic acids is 1. The molecule has 0 bridgehead atoms. The Bertz CT molecular complexity index is 661. The Morgan fingerprint density at radius 3 is 2.81 bits per heavy atom. The van der Waals surface area contributed by atoms with E-state index in [4.69, 9.17) is 9.84 Å². The molecule has 0 unspecified atom stereocenters. The van der Waals surface area contributed by atoms with Gasteiger partial charge in [-0.05, 0) is 12.1 Å². The van der Waals surface area contributed by atoms with Crippen molar-refractivity contribution in [1.29, 1.82) is 0 Å². The monoisotopic (exact) mass is 290 g/mol. The van der Waals surface area contributed by atoms with Gasteiger partial charge in [0.25, 0.3) is 0 Å². The zero-order valence-electron chi connectivity index (χ0n) is 11.7. The first-order valence-electron chi connectivity index (χ1n) is 6.24. The maximum absolute atomic E-state index is 13.2. The van der Waals surface area contributed by atoms with Gasteiger partial charge < -0.3 is 14.7 Å². The van der Waals surface area contributed by atoms with Gasteiger partial charge in [-0.25, -0.2) is 14.2 Å². The summed E-state index contributed by atoms with van der Waals surface area (Å²) in [6.07, 6.45) is 1.00. The fourth-order valence-corrected chi connectivity index (χ4v) is 2.06. The number of carboxylic acid groups (broad SMARTS) is 1. The number of halogens is 1. The van der Waals surface area contributed by atoms with Gasteiger partial charge in [0.1, 0.15) is 22.9 Å². The quantitative estimate of drug-likeness (QED) is 0.917. The second-order valence-corrected chi connectivity index (χ2v) is 4.50. The van der Waals surface area contributed by atoms with Crippen LogP contribution in [0.5, 0.6) is 5.75 Å². The molecule has 110 valence electrons. The lowest BCUT2D eigenvalue weighted by Gasteiger charge is -2.21. The van der Waals surface area contributed by atoms with Crippen LogP contribution in [0.2, 0.25) is 0 Å². The van der Waals surface area contributed by atoms with Gasteiger partial charge in [-0.1, -0.05) is 18.2 Å². The van der Waals surface area contributed by atoms with Crippen molar-refractivity contribution >= 4 is 11.8 Å². The summed E-state index contributed by atoms with van der Waals surface area (Å²) in [6.45, 7) is 0.392. The highest BCUT2D eigenvalue weighted by Crippen LogP contribution is 2.23. The number of aromatic carboxylic acids is 1. The number of carbonyl (C=O) groups is 1. The molecule has 0 aliphatic carbocycles. The highest BCUT2D eigenvalue weighted by Gasteiger charge is 2.17. The summed E-state index contributed by atoms with van der Waals surface area (Å²) in [4.78, 5) is 16.7. The fraction of sp³-hybridized carbons (Fsp3) is 0.200. The molecule has 0 aliphatic rings. The van der Waals surface area contributed by atoms with Crippen LogP contribution in [0.1, 0.15) is 15.9 Å². The molecule has 2 rings (SSSR count). The number of aromatic nitrogens is 1. The minimum Gasteiger partial charge on any atom is -0.496 e. The third-order valence-corrected chi connectivity index (χ3v) is 3.03. The first kappa shape index (κ1) is 14.8. The Hall–Kier alpha value is -2.63. The van der Waals surface area contributed by atoms with Crippen LogP contribution in [-0.4, -0.2) is 30.2 Å². The molecule has 0 saturated heterocycles. The molecule has 5 nitrogen and oxygen atoms in total. The maximum Gasteiger partial charge on any atom is 0.339 e. The zero-order valence-corrected chi connectivity index (χ0v) is 11.7. The number of hydrogen-bond donors (Lipinski definition) is 1. The first-order chi connectivity index (χ1) is 10.0. The lowest BCUT2D eigenvalue weighted by atomic mass is 10.1. The molecule has 0 aliphatic heterocycles. The number of methoxy groups -OCH3 is 1. The largest absolute Gasteiger partial charge is 0.496 e. The normalized spacial score (nSPS) is 10.2. The Morgan fingerprint density at radius 2 is 2.14 bits per heavy atom. The van der Waals surface area contributed by atoms with Crippen molar-refractivity contribution in [2.75, 3.05) is 19.1 Å². The van der Waals surface area contributed by atoms with Crippen LogP contribution in [0.3, 0.4) is 0 Å². The van der Waals surface area contributed by atoms with Crippen molar-refractivity contribution in [1.82, 2.24) is 4.98 Å². The van der Waals surface area contributed by atoms with Crippen LogP contribution < -0.4 is 9.64 Å². The van der Waals surface area contributed by atoms with E-state index < -0.39 is 11.8 Å². The number of pyridine rings is 1. The van der Waals surface area contributed by atoms with Crippen LogP contribution in [0.15, 0.2) is 36.5 Å². The van der Waals surface area contributed by atoms with Crippen molar-refractivity contribution in [2.24, 2.45) is 0 Å². The van der Waals surface area contributed by atoms with Crippen molar-refractivity contribution in [3.8, 4) is 5.75 Å². The Balaban J connectivity index is 2.32. The van der Waals surface area contributed by atoms with Gasteiger partial charge in [0, 0.05) is 19.2 Å². The molecule has 0 atom stereocenters. The first-order valence-corrected chi connectivity index (χ1v) is 6.24. The average Bonchev–Trinajstić information content (AvgIpc) is 2.47. The summed E-state index contributed by atoms with van der Waals surface area (Å²) in [5.74, 6) is -0.996. The van der Waals surface area contributed by atoms with Gasteiger partial charge in [-0.3, -0.25) is 0 Å². The standard InChI is InChI=1S/C15H15FN2O3/c1-18(9-10-5-3-4-6-13(10)21-2)14-12(15(19)20)7-11(16)8-17-14/h3-8H,9H2,1-2H3,(H,19,20). The smallest absolute Gasteiger partial charge is 0.339 e. The minimum atomic E-state index is -1.22. The van der Waals surface area contributed by atoms with Crippen molar-refractivity contribution < 1.29 is 19.0 Å². The predicted molar refractivity (Wildman–Crippen MR) is 76.3 cm³/mol. The van der Waals surface area contributed by atoms with Crippen LogP contribution >= 0.6 is 0 Å². The van der Waals surface area contributed by atoms with Crippen LogP contribution in [0, 0.1) is 5.82 Å². The van der Waals surface area contributed by atoms with Gasteiger partial charge in [-0.2, -0.15) is 0 Å². The van der Waals surface area contributed by atoms with E-state index in [-0.39, 0.29) is 11.4 Å². The van der Waals surface area contributed by atoms with Gasteiger partial charge >= 0.3 is 5.97 Å². The molecule has 2 aromatic rings. The molecule has 0 radical (unpaired) electrons. The van der Waals surface area contributed by atoms with E-state index >= 15 is 0 Å². The number of anilines is 1.